The van der Waals surface area contributed by atoms with E-state index in [1.807, 2.05) is 32.0 Å². The number of phenolic OH excluding ortho intramolecular Hbond substituents is 1. The molecule has 8 heteroatoms. The van der Waals surface area contributed by atoms with Crippen molar-refractivity contribution in [2.75, 3.05) is 5.32 Å². The van der Waals surface area contributed by atoms with Gasteiger partial charge in [-0.25, -0.2) is 9.97 Å². The Hall–Kier alpha value is -4.07. The topological polar surface area (TPSA) is 106 Å². The molecule has 30 heavy (non-hydrogen) atoms. The van der Waals surface area contributed by atoms with Crippen molar-refractivity contribution in [2.24, 2.45) is 0 Å². The molecule has 0 aliphatic heterocycles. The fourth-order valence-corrected chi connectivity index (χ4v) is 3.10. The van der Waals surface area contributed by atoms with Crippen LogP contribution in [-0.4, -0.2) is 36.0 Å². The minimum absolute atomic E-state index is 0.135. The van der Waals surface area contributed by atoms with Crippen LogP contribution in [0.2, 0.25) is 0 Å². The number of carbonyl (C=O) groups excluding carboxylic acids is 1. The van der Waals surface area contributed by atoms with Crippen molar-refractivity contribution >= 4 is 11.6 Å². The molecule has 0 radical (unpaired) electrons. The summed E-state index contributed by atoms with van der Waals surface area (Å²) in [6.45, 7) is 5.74. The summed E-state index contributed by atoms with van der Waals surface area (Å²) in [5, 5.41) is 21.1. The molecule has 0 spiro atoms. The number of nitrogens with zero attached hydrogens (tertiary/aromatic N) is 5. The summed E-state index contributed by atoms with van der Waals surface area (Å²) in [6.07, 6.45) is 3.02. The lowest BCUT2D eigenvalue weighted by Crippen LogP contribution is -2.14. The van der Waals surface area contributed by atoms with E-state index in [9.17, 15) is 9.90 Å². The van der Waals surface area contributed by atoms with Gasteiger partial charge in [0.1, 0.15) is 5.75 Å². The van der Waals surface area contributed by atoms with Crippen LogP contribution in [0.1, 0.15) is 27.3 Å². The predicted octanol–water partition coefficient (Wildman–Crippen LogP) is 3.61. The summed E-state index contributed by atoms with van der Waals surface area (Å²) >= 11 is 0. The number of benzene rings is 2. The standard InChI is InChI=1S/C22H20N6O2/c1-13-7-8-19(14(2)9-13)28-26-15(3)20(27-28)22(30)25-17-11-23-21(24-12-17)16-5-4-6-18(29)10-16/h4-12,29H,1-3H3,(H,25,30). The number of hydrogen-bond acceptors (Lipinski definition) is 6. The number of phenols is 1. The lowest BCUT2D eigenvalue weighted by molar-refractivity contribution is 0.102. The van der Waals surface area contributed by atoms with Crippen molar-refractivity contribution in [3.8, 4) is 22.8 Å². The highest BCUT2D eigenvalue weighted by atomic mass is 16.3. The van der Waals surface area contributed by atoms with E-state index in [1.54, 1.807) is 31.2 Å². The van der Waals surface area contributed by atoms with Crippen LogP contribution in [0.15, 0.2) is 54.9 Å². The molecule has 2 heterocycles. The molecular formula is C22H20N6O2. The fraction of sp³-hybridized carbons (Fsp3) is 0.136. The van der Waals surface area contributed by atoms with E-state index in [0.29, 0.717) is 22.8 Å². The third-order valence-corrected chi connectivity index (χ3v) is 4.58. The normalized spacial score (nSPS) is 10.8. The minimum Gasteiger partial charge on any atom is -0.508 e. The lowest BCUT2D eigenvalue weighted by atomic mass is 10.1. The molecule has 2 N–H and O–H groups in total. The van der Waals surface area contributed by atoms with Crippen molar-refractivity contribution < 1.29 is 9.90 Å². The summed E-state index contributed by atoms with van der Waals surface area (Å²) in [6, 6.07) is 12.6. The largest absolute Gasteiger partial charge is 0.508 e. The van der Waals surface area contributed by atoms with Gasteiger partial charge in [-0.3, -0.25) is 4.79 Å². The van der Waals surface area contributed by atoms with Gasteiger partial charge in [-0.05, 0) is 44.5 Å². The molecule has 0 aliphatic carbocycles. The smallest absolute Gasteiger partial charge is 0.278 e. The van der Waals surface area contributed by atoms with Gasteiger partial charge in [0.05, 0.1) is 29.5 Å². The van der Waals surface area contributed by atoms with Gasteiger partial charge in [0, 0.05) is 5.56 Å². The summed E-state index contributed by atoms with van der Waals surface area (Å²) in [4.78, 5) is 22.7. The second-order valence-corrected chi connectivity index (χ2v) is 7.01. The first kappa shape index (κ1) is 19.3. The monoisotopic (exact) mass is 400 g/mol. The highest BCUT2D eigenvalue weighted by Crippen LogP contribution is 2.20. The van der Waals surface area contributed by atoms with Gasteiger partial charge in [-0.2, -0.15) is 9.90 Å². The molecular weight excluding hydrogens is 380 g/mol. The first-order chi connectivity index (χ1) is 14.4. The lowest BCUT2D eigenvalue weighted by Gasteiger charge is -2.05. The Balaban J connectivity index is 1.53. The molecule has 0 unspecified atom stereocenters. The van der Waals surface area contributed by atoms with Crippen LogP contribution in [0.25, 0.3) is 17.1 Å². The van der Waals surface area contributed by atoms with E-state index in [4.69, 9.17) is 0 Å². The van der Waals surface area contributed by atoms with Gasteiger partial charge in [-0.15, -0.1) is 5.10 Å². The molecule has 0 aliphatic rings. The Kier molecular flexibility index (Phi) is 4.97. The Morgan fingerprint density at radius 3 is 2.47 bits per heavy atom. The van der Waals surface area contributed by atoms with Crippen molar-refractivity contribution in [3.63, 3.8) is 0 Å². The predicted molar refractivity (Wildman–Crippen MR) is 113 cm³/mol. The number of amides is 1. The SMILES string of the molecule is Cc1ccc(-n2nc(C)c(C(=O)Nc3cnc(-c4cccc(O)c4)nc3)n2)c(C)c1. The molecule has 0 saturated carbocycles. The van der Waals surface area contributed by atoms with E-state index < -0.39 is 5.91 Å². The van der Waals surface area contributed by atoms with E-state index in [1.165, 1.54) is 17.2 Å². The van der Waals surface area contributed by atoms with Gasteiger partial charge in [-0.1, -0.05) is 29.8 Å². The maximum Gasteiger partial charge on any atom is 0.278 e. The number of aromatic nitrogens is 5. The summed E-state index contributed by atoms with van der Waals surface area (Å²) < 4.78 is 0. The van der Waals surface area contributed by atoms with E-state index >= 15 is 0 Å². The van der Waals surface area contributed by atoms with E-state index in [-0.39, 0.29) is 11.4 Å². The number of aryl methyl sites for hydroxylation is 3. The molecule has 4 rings (SSSR count). The molecule has 150 valence electrons. The first-order valence-corrected chi connectivity index (χ1v) is 9.35. The molecule has 4 aromatic rings. The van der Waals surface area contributed by atoms with Crippen molar-refractivity contribution in [3.05, 3.63) is 77.4 Å². The summed E-state index contributed by atoms with van der Waals surface area (Å²) in [7, 11) is 0. The molecule has 2 aromatic carbocycles. The number of aromatic hydroxyl groups is 1. The van der Waals surface area contributed by atoms with E-state index in [2.05, 4.69) is 25.5 Å². The first-order valence-electron chi connectivity index (χ1n) is 9.35. The number of hydrogen-bond donors (Lipinski definition) is 2. The Morgan fingerprint density at radius 2 is 1.77 bits per heavy atom. The van der Waals surface area contributed by atoms with Crippen LogP contribution in [0.4, 0.5) is 5.69 Å². The van der Waals surface area contributed by atoms with Crippen LogP contribution >= 0.6 is 0 Å². The van der Waals surface area contributed by atoms with E-state index in [0.717, 1.165) is 16.8 Å². The zero-order valence-electron chi connectivity index (χ0n) is 16.8. The number of anilines is 1. The van der Waals surface area contributed by atoms with Crippen LogP contribution in [-0.2, 0) is 0 Å². The highest BCUT2D eigenvalue weighted by Gasteiger charge is 2.18. The Bertz CT molecular complexity index is 1230. The van der Waals surface area contributed by atoms with Gasteiger partial charge >= 0.3 is 0 Å². The molecule has 0 fully saturated rings. The molecule has 0 bridgehead atoms. The highest BCUT2D eigenvalue weighted by molar-refractivity contribution is 6.03. The maximum absolute atomic E-state index is 12.7. The fourth-order valence-electron chi connectivity index (χ4n) is 3.10. The Morgan fingerprint density at radius 1 is 1.00 bits per heavy atom. The number of carbonyl (C=O) groups is 1. The quantitative estimate of drug-likeness (QED) is 0.542. The maximum atomic E-state index is 12.7. The van der Waals surface area contributed by atoms with Crippen LogP contribution in [0.3, 0.4) is 0 Å². The van der Waals surface area contributed by atoms with Crippen LogP contribution < -0.4 is 5.32 Å². The zero-order chi connectivity index (χ0) is 21.3. The average Bonchev–Trinajstić information content (AvgIpc) is 3.10. The van der Waals surface area contributed by atoms with Gasteiger partial charge in [0.25, 0.3) is 5.91 Å². The molecule has 0 saturated heterocycles. The molecule has 2 aromatic heterocycles. The molecule has 0 atom stereocenters. The van der Waals surface area contributed by atoms with Gasteiger partial charge < -0.3 is 10.4 Å². The third-order valence-electron chi connectivity index (χ3n) is 4.58. The van der Waals surface area contributed by atoms with Crippen LogP contribution in [0.5, 0.6) is 5.75 Å². The van der Waals surface area contributed by atoms with Crippen molar-refractivity contribution in [1.82, 2.24) is 25.0 Å². The third kappa shape index (κ3) is 3.88. The average molecular weight is 400 g/mol. The van der Waals surface area contributed by atoms with Crippen molar-refractivity contribution in [2.45, 2.75) is 20.8 Å². The van der Waals surface area contributed by atoms with Crippen molar-refractivity contribution in [1.29, 1.82) is 0 Å². The second-order valence-electron chi connectivity index (χ2n) is 7.01. The number of nitrogens with one attached hydrogen (secondary N) is 1. The summed E-state index contributed by atoms with van der Waals surface area (Å²) in [5.74, 6) is 0.189. The van der Waals surface area contributed by atoms with Gasteiger partial charge in [0.15, 0.2) is 11.5 Å². The second kappa shape index (κ2) is 7.75. The number of rotatable bonds is 4. The summed E-state index contributed by atoms with van der Waals surface area (Å²) in [5.41, 5.74) is 4.85. The van der Waals surface area contributed by atoms with Crippen LogP contribution in [0, 0.1) is 20.8 Å². The van der Waals surface area contributed by atoms with Gasteiger partial charge in [0.2, 0.25) is 0 Å². The minimum atomic E-state index is -0.391. The zero-order valence-corrected chi connectivity index (χ0v) is 16.8. The molecule has 1 amide bonds. The molecule has 8 nitrogen and oxygen atoms in total. The Labute approximate surface area is 173 Å².